The van der Waals surface area contributed by atoms with E-state index in [1.165, 1.54) is 16.0 Å². The van der Waals surface area contributed by atoms with Gasteiger partial charge in [-0.15, -0.1) is 11.8 Å². The van der Waals surface area contributed by atoms with E-state index in [0.717, 1.165) is 44.9 Å². The van der Waals surface area contributed by atoms with Gasteiger partial charge in [0.05, 0.1) is 6.54 Å². The minimum absolute atomic E-state index is 0.160. The van der Waals surface area contributed by atoms with Gasteiger partial charge in [0.15, 0.2) is 0 Å². The van der Waals surface area contributed by atoms with Crippen molar-refractivity contribution >= 4 is 17.7 Å². The third kappa shape index (κ3) is 7.00. The molecule has 5 heteroatoms. The van der Waals surface area contributed by atoms with Crippen LogP contribution in [0.25, 0.3) is 0 Å². The molecule has 2 rings (SSSR count). The third-order valence-corrected chi connectivity index (χ3v) is 5.98. The van der Waals surface area contributed by atoms with E-state index in [1.54, 1.807) is 0 Å². The van der Waals surface area contributed by atoms with Gasteiger partial charge in [-0.3, -0.25) is 14.6 Å². The molecule has 1 saturated heterocycles. The van der Waals surface area contributed by atoms with Crippen molar-refractivity contribution < 1.29 is 4.79 Å². The van der Waals surface area contributed by atoms with Crippen LogP contribution in [0, 0.1) is 13.8 Å². The molecule has 0 bridgehead atoms. The number of carbonyl (C=O) groups is 1. The molecule has 1 aliphatic heterocycles. The van der Waals surface area contributed by atoms with E-state index in [-0.39, 0.29) is 11.9 Å². The average Bonchev–Trinajstić information content (AvgIpc) is 2.59. The van der Waals surface area contributed by atoms with Gasteiger partial charge in [-0.05, 0) is 50.5 Å². The molecule has 1 aliphatic rings. The summed E-state index contributed by atoms with van der Waals surface area (Å²) in [6.07, 6.45) is 0.984. The molecule has 25 heavy (non-hydrogen) atoms. The lowest BCUT2D eigenvalue weighted by Crippen LogP contribution is -2.50. The highest BCUT2D eigenvalue weighted by Gasteiger charge is 2.19. The Morgan fingerprint density at radius 3 is 2.48 bits per heavy atom. The Bertz CT molecular complexity index is 556. The Hall–Kier alpha value is -1.04. The first-order valence-electron chi connectivity index (χ1n) is 9.42. The molecule has 0 unspecified atom stereocenters. The second-order valence-electron chi connectivity index (χ2n) is 7.09. The average molecular weight is 364 g/mol. The van der Waals surface area contributed by atoms with Crippen LogP contribution in [0.3, 0.4) is 0 Å². The monoisotopic (exact) mass is 363 g/mol. The Morgan fingerprint density at radius 2 is 1.84 bits per heavy atom. The molecule has 1 aromatic rings. The molecule has 1 atom stereocenters. The molecule has 4 nitrogen and oxygen atoms in total. The first kappa shape index (κ1) is 20.3. The van der Waals surface area contributed by atoms with Crippen LogP contribution in [-0.4, -0.2) is 66.8 Å². The molecular formula is C20H33N3OS. The number of nitrogens with zero attached hydrogens (tertiary/aromatic N) is 2. The molecule has 1 heterocycles. The van der Waals surface area contributed by atoms with Gasteiger partial charge >= 0.3 is 0 Å². The smallest absolute Gasteiger partial charge is 0.234 e. The maximum atomic E-state index is 12.0. The lowest BCUT2D eigenvalue weighted by Gasteiger charge is -2.34. The number of benzene rings is 1. The van der Waals surface area contributed by atoms with Crippen molar-refractivity contribution in [3.63, 3.8) is 0 Å². The minimum atomic E-state index is 0.160. The number of rotatable bonds is 8. The van der Waals surface area contributed by atoms with Crippen LogP contribution in [0.4, 0.5) is 0 Å². The van der Waals surface area contributed by atoms with E-state index in [0.29, 0.717) is 6.54 Å². The summed E-state index contributed by atoms with van der Waals surface area (Å²) in [4.78, 5) is 18.1. The predicted octanol–water partition coefficient (Wildman–Crippen LogP) is 2.93. The highest BCUT2D eigenvalue weighted by molar-refractivity contribution is 7.99. The molecule has 0 aromatic heterocycles. The standard InChI is InChI=1S/C20H33N3OS/c1-5-18(4)21-20(24)15-23-10-8-22(9-11-23)12-13-25-19-7-6-16(2)17(3)14-19/h6-7,14,18H,5,8-13,15H2,1-4H3,(H,21,24)/t18-/m1/s1. The van der Waals surface area contributed by atoms with Gasteiger partial charge in [-0.25, -0.2) is 0 Å². The number of amides is 1. The van der Waals surface area contributed by atoms with Crippen molar-refractivity contribution in [3.05, 3.63) is 29.3 Å². The molecule has 140 valence electrons. The van der Waals surface area contributed by atoms with E-state index in [1.807, 2.05) is 11.8 Å². The molecular weight excluding hydrogens is 330 g/mol. The quantitative estimate of drug-likeness (QED) is 0.721. The molecule has 0 spiro atoms. The molecule has 1 aromatic carbocycles. The van der Waals surface area contributed by atoms with Gasteiger partial charge in [0.25, 0.3) is 0 Å². The van der Waals surface area contributed by atoms with Gasteiger partial charge in [-0.1, -0.05) is 13.0 Å². The van der Waals surface area contributed by atoms with Crippen molar-refractivity contribution in [2.75, 3.05) is 45.0 Å². The molecule has 0 aliphatic carbocycles. The summed E-state index contributed by atoms with van der Waals surface area (Å²) < 4.78 is 0. The van der Waals surface area contributed by atoms with E-state index in [4.69, 9.17) is 0 Å². The summed E-state index contributed by atoms with van der Waals surface area (Å²) >= 11 is 1.94. The van der Waals surface area contributed by atoms with Crippen LogP contribution < -0.4 is 5.32 Å². The van der Waals surface area contributed by atoms with Crippen LogP contribution in [0.5, 0.6) is 0 Å². The first-order valence-corrected chi connectivity index (χ1v) is 10.4. The van der Waals surface area contributed by atoms with Gasteiger partial charge in [0, 0.05) is 49.4 Å². The van der Waals surface area contributed by atoms with E-state index >= 15 is 0 Å². The molecule has 1 amide bonds. The van der Waals surface area contributed by atoms with Crippen LogP contribution in [0.2, 0.25) is 0 Å². The van der Waals surface area contributed by atoms with Gasteiger partial charge in [-0.2, -0.15) is 0 Å². The van der Waals surface area contributed by atoms with Crippen molar-refractivity contribution in [2.24, 2.45) is 0 Å². The zero-order valence-corrected chi connectivity index (χ0v) is 17.0. The first-order chi connectivity index (χ1) is 12.0. The molecule has 1 N–H and O–H groups in total. The van der Waals surface area contributed by atoms with Crippen LogP contribution >= 0.6 is 11.8 Å². The normalized spacial score (nSPS) is 17.4. The maximum absolute atomic E-state index is 12.0. The Kier molecular flexibility index (Phi) is 8.27. The fourth-order valence-corrected chi connectivity index (χ4v) is 3.90. The Morgan fingerprint density at radius 1 is 1.16 bits per heavy atom. The van der Waals surface area contributed by atoms with Crippen molar-refractivity contribution in [2.45, 2.75) is 45.1 Å². The molecule has 1 fully saturated rings. The number of carbonyl (C=O) groups excluding carboxylic acids is 1. The molecule has 0 radical (unpaired) electrons. The van der Waals surface area contributed by atoms with Crippen molar-refractivity contribution in [1.82, 2.24) is 15.1 Å². The largest absolute Gasteiger partial charge is 0.353 e. The lowest BCUT2D eigenvalue weighted by molar-refractivity contribution is -0.123. The number of piperazine rings is 1. The van der Waals surface area contributed by atoms with Gasteiger partial charge in [0.1, 0.15) is 0 Å². The van der Waals surface area contributed by atoms with Crippen molar-refractivity contribution in [1.29, 1.82) is 0 Å². The number of aryl methyl sites for hydroxylation is 2. The third-order valence-electron chi connectivity index (χ3n) is 5.01. The summed E-state index contributed by atoms with van der Waals surface area (Å²) in [6.45, 7) is 14.2. The Labute approximate surface area is 157 Å². The highest BCUT2D eigenvalue weighted by Crippen LogP contribution is 2.21. The summed E-state index contributed by atoms with van der Waals surface area (Å²) in [7, 11) is 0. The van der Waals surface area contributed by atoms with E-state index < -0.39 is 0 Å². The van der Waals surface area contributed by atoms with E-state index in [2.05, 4.69) is 61.0 Å². The van der Waals surface area contributed by atoms with Crippen LogP contribution in [0.1, 0.15) is 31.4 Å². The second-order valence-corrected chi connectivity index (χ2v) is 8.26. The number of nitrogens with one attached hydrogen (secondary N) is 1. The fraction of sp³-hybridized carbons (Fsp3) is 0.650. The fourth-order valence-electron chi connectivity index (χ4n) is 2.89. The minimum Gasteiger partial charge on any atom is -0.353 e. The summed E-state index contributed by atoms with van der Waals surface area (Å²) in [5.41, 5.74) is 2.73. The number of hydrogen-bond acceptors (Lipinski definition) is 4. The van der Waals surface area contributed by atoms with Gasteiger partial charge in [0.2, 0.25) is 5.91 Å². The topological polar surface area (TPSA) is 35.6 Å². The second kappa shape index (κ2) is 10.2. The van der Waals surface area contributed by atoms with Crippen LogP contribution in [0.15, 0.2) is 23.1 Å². The highest BCUT2D eigenvalue weighted by atomic mass is 32.2. The summed E-state index contributed by atoms with van der Waals surface area (Å²) in [5, 5.41) is 3.05. The number of hydrogen-bond donors (Lipinski definition) is 1. The summed E-state index contributed by atoms with van der Waals surface area (Å²) in [5.74, 6) is 1.28. The number of thioether (sulfide) groups is 1. The van der Waals surface area contributed by atoms with Crippen molar-refractivity contribution in [3.8, 4) is 0 Å². The van der Waals surface area contributed by atoms with E-state index in [9.17, 15) is 4.79 Å². The Balaban J connectivity index is 1.63. The zero-order chi connectivity index (χ0) is 18.2. The summed E-state index contributed by atoms with van der Waals surface area (Å²) in [6, 6.07) is 6.99. The van der Waals surface area contributed by atoms with Gasteiger partial charge < -0.3 is 5.32 Å². The lowest BCUT2D eigenvalue weighted by atomic mass is 10.1. The SMILES string of the molecule is CC[C@@H](C)NC(=O)CN1CCN(CCSc2ccc(C)c(C)c2)CC1. The zero-order valence-electron chi connectivity index (χ0n) is 16.2. The maximum Gasteiger partial charge on any atom is 0.234 e. The predicted molar refractivity (Wildman–Crippen MR) is 107 cm³/mol. The molecule has 0 saturated carbocycles. The van der Waals surface area contributed by atoms with Crippen LogP contribution in [-0.2, 0) is 4.79 Å².